The van der Waals surface area contributed by atoms with E-state index in [1.165, 1.54) is 32.1 Å². The van der Waals surface area contributed by atoms with Crippen LogP contribution in [0.1, 0.15) is 32.1 Å². The molecule has 0 aromatic rings. The number of sulfone groups is 1. The van der Waals surface area contributed by atoms with Crippen LogP contribution >= 0.6 is 22.6 Å². The molecule has 94 valence electrons. The average molecular weight is 358 g/mol. The Kier molecular flexibility index (Phi) is 4.51. The average Bonchev–Trinajstić information content (AvgIpc) is 2.50. The van der Waals surface area contributed by atoms with Crippen LogP contribution < -0.4 is 0 Å². The van der Waals surface area contributed by atoms with E-state index < -0.39 is 9.84 Å². The normalized spacial score (nSPS) is 35.3. The van der Waals surface area contributed by atoms with Gasteiger partial charge in [0.05, 0.1) is 21.5 Å². The van der Waals surface area contributed by atoms with Crippen molar-refractivity contribution in [2.24, 2.45) is 5.92 Å². The van der Waals surface area contributed by atoms with Gasteiger partial charge >= 0.3 is 0 Å². The van der Waals surface area contributed by atoms with Crippen LogP contribution in [0, 0.1) is 5.92 Å². The zero-order chi connectivity index (χ0) is 11.6. The highest BCUT2D eigenvalue weighted by Crippen LogP contribution is 2.27. The summed E-state index contributed by atoms with van der Waals surface area (Å²) in [6, 6.07) is 0. The summed E-state index contributed by atoms with van der Waals surface area (Å²) in [6.07, 6.45) is 6.42. The van der Waals surface area contributed by atoms with Crippen molar-refractivity contribution in [3.05, 3.63) is 0 Å². The third-order valence-corrected chi connectivity index (χ3v) is 7.05. The van der Waals surface area contributed by atoms with Gasteiger partial charge in [0.15, 0.2) is 9.84 Å². The molecule has 5 heteroatoms. The highest BCUT2D eigenvalue weighted by molar-refractivity contribution is 14.1. The van der Waals surface area contributed by atoms with Crippen molar-refractivity contribution in [3.63, 3.8) is 0 Å². The lowest BCUT2D eigenvalue weighted by Gasteiger charge is -2.23. The number of rotatable bonds is 3. The third-order valence-electron chi connectivity index (χ3n) is 3.51. The zero-order valence-corrected chi connectivity index (χ0v) is 12.4. The minimum atomic E-state index is -2.83. The molecular weight excluding hydrogens is 339 g/mol. The first-order valence-corrected chi connectivity index (χ1v) is 9.09. The topological polar surface area (TPSA) is 43.4 Å². The van der Waals surface area contributed by atoms with E-state index in [4.69, 9.17) is 4.74 Å². The highest BCUT2D eigenvalue weighted by atomic mass is 127. The second-order valence-electron chi connectivity index (χ2n) is 4.97. The molecule has 1 heterocycles. The summed E-state index contributed by atoms with van der Waals surface area (Å²) in [6.45, 7) is 0.764. The lowest BCUT2D eigenvalue weighted by molar-refractivity contribution is 0.0400. The fourth-order valence-electron chi connectivity index (χ4n) is 2.54. The van der Waals surface area contributed by atoms with E-state index in [1.54, 1.807) is 0 Å². The standard InChI is InChI=1S/C11H19IO3S/c12-10-7-16(13,14)8-11(10)15-6-9-4-2-1-3-5-9/h9-11H,1-8H2. The molecule has 0 bridgehead atoms. The monoisotopic (exact) mass is 358 g/mol. The third kappa shape index (κ3) is 3.57. The summed E-state index contributed by atoms with van der Waals surface area (Å²) in [7, 11) is -2.83. The van der Waals surface area contributed by atoms with Crippen LogP contribution in [-0.4, -0.2) is 36.6 Å². The largest absolute Gasteiger partial charge is 0.376 e. The first-order chi connectivity index (χ1) is 7.57. The molecule has 0 radical (unpaired) electrons. The zero-order valence-electron chi connectivity index (χ0n) is 9.40. The summed E-state index contributed by atoms with van der Waals surface area (Å²) in [4.78, 5) is 0. The molecule has 0 amide bonds. The van der Waals surface area contributed by atoms with Crippen molar-refractivity contribution in [3.8, 4) is 0 Å². The van der Waals surface area contributed by atoms with Crippen LogP contribution in [0.2, 0.25) is 0 Å². The Morgan fingerprint density at radius 2 is 1.81 bits per heavy atom. The van der Waals surface area contributed by atoms with E-state index in [0.717, 1.165) is 6.61 Å². The Bertz CT molecular complexity index is 322. The molecule has 2 atom stereocenters. The van der Waals surface area contributed by atoms with Gasteiger partial charge in [-0.1, -0.05) is 41.9 Å². The summed E-state index contributed by atoms with van der Waals surface area (Å²) in [5, 5.41) is 0. The maximum absolute atomic E-state index is 11.4. The number of hydrogen-bond donors (Lipinski definition) is 0. The quantitative estimate of drug-likeness (QED) is 0.574. The lowest BCUT2D eigenvalue weighted by Crippen LogP contribution is -2.26. The Hall–Kier alpha value is 0.640. The van der Waals surface area contributed by atoms with E-state index in [2.05, 4.69) is 22.6 Å². The van der Waals surface area contributed by atoms with Crippen molar-refractivity contribution in [1.29, 1.82) is 0 Å². The van der Waals surface area contributed by atoms with Gasteiger partial charge in [-0.15, -0.1) is 0 Å². The molecule has 2 rings (SSSR count). The number of alkyl halides is 1. The molecular formula is C11H19IO3S. The number of halogens is 1. The van der Waals surface area contributed by atoms with Gasteiger partial charge in [0, 0.05) is 6.61 Å². The van der Waals surface area contributed by atoms with Crippen LogP contribution in [0.4, 0.5) is 0 Å². The molecule has 2 fully saturated rings. The van der Waals surface area contributed by atoms with Crippen LogP contribution in [0.3, 0.4) is 0 Å². The Labute approximate surface area is 111 Å². The van der Waals surface area contributed by atoms with E-state index in [1.807, 2.05) is 0 Å². The van der Waals surface area contributed by atoms with E-state index in [0.29, 0.717) is 11.7 Å². The van der Waals surface area contributed by atoms with Crippen molar-refractivity contribution >= 4 is 32.4 Å². The summed E-state index contributed by atoms with van der Waals surface area (Å²) >= 11 is 2.21. The highest BCUT2D eigenvalue weighted by Gasteiger charge is 2.37. The van der Waals surface area contributed by atoms with Crippen LogP contribution in [0.25, 0.3) is 0 Å². The van der Waals surface area contributed by atoms with Crippen LogP contribution in [0.5, 0.6) is 0 Å². The van der Waals surface area contributed by atoms with E-state index in [-0.39, 0.29) is 15.8 Å². The van der Waals surface area contributed by atoms with Crippen molar-refractivity contribution < 1.29 is 13.2 Å². The molecule has 0 aromatic carbocycles. The number of ether oxygens (including phenoxy) is 1. The van der Waals surface area contributed by atoms with E-state index in [9.17, 15) is 8.42 Å². The van der Waals surface area contributed by atoms with Gasteiger partial charge in [-0.25, -0.2) is 8.42 Å². The van der Waals surface area contributed by atoms with Crippen molar-refractivity contribution in [1.82, 2.24) is 0 Å². The first kappa shape index (κ1) is 13.1. The molecule has 1 aliphatic heterocycles. The minimum absolute atomic E-state index is 0.0625. The van der Waals surface area contributed by atoms with Crippen LogP contribution in [0.15, 0.2) is 0 Å². The van der Waals surface area contributed by atoms with Crippen molar-refractivity contribution in [2.75, 3.05) is 18.1 Å². The van der Waals surface area contributed by atoms with Crippen LogP contribution in [-0.2, 0) is 14.6 Å². The van der Waals surface area contributed by atoms with Gasteiger partial charge in [0.1, 0.15) is 0 Å². The first-order valence-electron chi connectivity index (χ1n) is 6.03. The Morgan fingerprint density at radius 1 is 1.12 bits per heavy atom. The molecule has 1 saturated carbocycles. The molecule has 3 nitrogen and oxygen atoms in total. The maximum Gasteiger partial charge on any atom is 0.154 e. The molecule has 1 saturated heterocycles. The van der Waals surface area contributed by atoms with E-state index >= 15 is 0 Å². The Morgan fingerprint density at radius 3 is 2.38 bits per heavy atom. The smallest absolute Gasteiger partial charge is 0.154 e. The van der Waals surface area contributed by atoms with Gasteiger partial charge in [-0.2, -0.15) is 0 Å². The second kappa shape index (κ2) is 5.52. The Balaban J connectivity index is 1.77. The summed E-state index contributed by atoms with van der Waals surface area (Å²) < 4.78 is 28.8. The predicted octanol–water partition coefficient (Wildman–Crippen LogP) is 2.18. The molecule has 0 aromatic heterocycles. The van der Waals surface area contributed by atoms with Gasteiger partial charge in [-0.05, 0) is 18.8 Å². The van der Waals surface area contributed by atoms with Gasteiger partial charge < -0.3 is 4.74 Å². The fourth-order valence-corrected chi connectivity index (χ4v) is 6.65. The van der Waals surface area contributed by atoms with Gasteiger partial charge in [0.2, 0.25) is 0 Å². The van der Waals surface area contributed by atoms with Crippen molar-refractivity contribution in [2.45, 2.75) is 42.1 Å². The molecule has 2 unspecified atom stereocenters. The summed E-state index contributed by atoms with van der Waals surface area (Å²) in [5.74, 6) is 1.19. The lowest BCUT2D eigenvalue weighted by atomic mass is 9.90. The minimum Gasteiger partial charge on any atom is -0.376 e. The fraction of sp³-hybridized carbons (Fsp3) is 1.00. The molecule has 0 spiro atoms. The van der Waals surface area contributed by atoms with Gasteiger partial charge in [-0.3, -0.25) is 0 Å². The summed E-state index contributed by atoms with van der Waals surface area (Å²) in [5.41, 5.74) is 0. The predicted molar refractivity (Wildman–Crippen MR) is 72.8 cm³/mol. The molecule has 2 aliphatic rings. The van der Waals surface area contributed by atoms with Gasteiger partial charge in [0.25, 0.3) is 0 Å². The molecule has 16 heavy (non-hydrogen) atoms. The molecule has 1 aliphatic carbocycles. The maximum atomic E-state index is 11.4. The molecule has 0 N–H and O–H groups in total. The number of hydrogen-bond acceptors (Lipinski definition) is 3. The SMILES string of the molecule is O=S1(=O)CC(I)C(OCC2CCCCC2)C1. The second-order valence-corrected chi connectivity index (χ2v) is 8.72.